The number of benzene rings is 1. The summed E-state index contributed by atoms with van der Waals surface area (Å²) in [6.45, 7) is 2.94. The predicted molar refractivity (Wildman–Crippen MR) is 95.0 cm³/mol. The molecule has 1 fully saturated rings. The van der Waals surface area contributed by atoms with Crippen LogP contribution >= 0.6 is 0 Å². The zero-order chi connectivity index (χ0) is 17.3. The van der Waals surface area contributed by atoms with E-state index in [1.54, 1.807) is 0 Å². The molecule has 2 heterocycles. The lowest BCUT2D eigenvalue weighted by molar-refractivity contribution is 0.173. The van der Waals surface area contributed by atoms with Gasteiger partial charge in [-0.3, -0.25) is 0 Å². The van der Waals surface area contributed by atoms with Gasteiger partial charge in [0.2, 0.25) is 0 Å². The highest BCUT2D eigenvalue weighted by Crippen LogP contribution is 2.41. The summed E-state index contributed by atoms with van der Waals surface area (Å²) < 4.78 is 1.95. The molecule has 2 N–H and O–H groups in total. The van der Waals surface area contributed by atoms with E-state index in [0.717, 1.165) is 56.7 Å². The predicted octanol–water partition coefficient (Wildman–Crippen LogP) is 3.05. The third kappa shape index (κ3) is 3.01. The molecule has 2 amide bonds. The van der Waals surface area contributed by atoms with Crippen LogP contribution < -0.4 is 10.6 Å². The first-order valence-electron chi connectivity index (χ1n) is 9.28. The van der Waals surface area contributed by atoms with Crippen LogP contribution in [0, 0.1) is 0 Å². The average molecular weight is 339 g/mol. The molecule has 1 unspecified atom stereocenters. The topological polar surface area (TPSA) is 71.8 Å². The number of carbonyl (C=O) groups excluding carboxylic acids is 1. The molecule has 0 spiro atoms. The van der Waals surface area contributed by atoms with Gasteiger partial charge in [0.1, 0.15) is 5.82 Å². The molecule has 1 saturated carbocycles. The fourth-order valence-electron chi connectivity index (χ4n) is 3.87. The van der Waals surface area contributed by atoms with E-state index in [4.69, 9.17) is 0 Å². The summed E-state index contributed by atoms with van der Waals surface area (Å²) in [5, 5.41) is 10.9. The van der Waals surface area contributed by atoms with Gasteiger partial charge in [0, 0.05) is 13.0 Å². The van der Waals surface area contributed by atoms with Gasteiger partial charge in [-0.1, -0.05) is 37.3 Å². The molecule has 1 aromatic carbocycles. The van der Waals surface area contributed by atoms with Crippen molar-refractivity contribution in [2.75, 3.05) is 0 Å². The average Bonchev–Trinajstić information content (AvgIpc) is 3.03. The van der Waals surface area contributed by atoms with Crippen molar-refractivity contribution in [1.82, 2.24) is 25.4 Å². The number of carbonyl (C=O) groups is 1. The number of hydrogen-bond acceptors (Lipinski definition) is 3. The largest absolute Gasteiger partial charge is 0.329 e. The van der Waals surface area contributed by atoms with Gasteiger partial charge in [0.05, 0.1) is 11.6 Å². The Bertz CT molecular complexity index is 750. The van der Waals surface area contributed by atoms with E-state index in [1.165, 1.54) is 5.56 Å². The molecule has 25 heavy (non-hydrogen) atoms. The van der Waals surface area contributed by atoms with Gasteiger partial charge in [-0.2, -0.15) is 5.10 Å². The zero-order valence-corrected chi connectivity index (χ0v) is 14.7. The minimum atomic E-state index is -0.220. The Morgan fingerprint density at radius 2 is 2.08 bits per heavy atom. The maximum absolute atomic E-state index is 12.7. The molecule has 0 radical (unpaired) electrons. The van der Waals surface area contributed by atoms with E-state index in [9.17, 15) is 4.79 Å². The fraction of sp³-hybridized carbons (Fsp3) is 0.526. The summed E-state index contributed by atoms with van der Waals surface area (Å²) in [4.78, 5) is 17.3. The molecule has 1 atom stereocenters. The van der Waals surface area contributed by atoms with Gasteiger partial charge >= 0.3 is 6.03 Å². The Balaban J connectivity index is 1.47. The highest BCUT2D eigenvalue weighted by molar-refractivity contribution is 5.75. The van der Waals surface area contributed by atoms with Crippen molar-refractivity contribution in [3.05, 3.63) is 47.5 Å². The number of aromatic nitrogens is 3. The minimum absolute atomic E-state index is 0.0607. The van der Waals surface area contributed by atoms with Gasteiger partial charge in [-0.15, -0.1) is 0 Å². The van der Waals surface area contributed by atoms with Gasteiger partial charge < -0.3 is 10.6 Å². The number of urea groups is 1. The Labute approximate surface area is 148 Å². The van der Waals surface area contributed by atoms with E-state index in [1.807, 2.05) is 22.9 Å². The van der Waals surface area contributed by atoms with Crippen LogP contribution in [0.5, 0.6) is 0 Å². The lowest BCUT2D eigenvalue weighted by atomic mass is 9.72. The zero-order valence-electron chi connectivity index (χ0n) is 14.7. The Hall–Kier alpha value is -2.37. The van der Waals surface area contributed by atoms with Gasteiger partial charge in [-0.25, -0.2) is 14.5 Å². The van der Waals surface area contributed by atoms with Crippen molar-refractivity contribution in [3.63, 3.8) is 0 Å². The first-order chi connectivity index (χ1) is 12.2. The molecule has 6 heteroatoms. The van der Waals surface area contributed by atoms with E-state index < -0.39 is 0 Å². The smallest absolute Gasteiger partial charge is 0.316 e. The van der Waals surface area contributed by atoms with Crippen molar-refractivity contribution in [1.29, 1.82) is 0 Å². The molecule has 2 aromatic rings. The summed E-state index contributed by atoms with van der Waals surface area (Å²) in [6, 6.07) is 10.1. The molecular weight excluding hydrogens is 314 g/mol. The van der Waals surface area contributed by atoms with E-state index >= 15 is 0 Å². The molecular formula is C19H25N5O. The third-order valence-electron chi connectivity index (χ3n) is 5.43. The summed E-state index contributed by atoms with van der Waals surface area (Å²) in [5.74, 6) is 1.74. The number of aryl methyl sites for hydroxylation is 2. The van der Waals surface area contributed by atoms with Crippen LogP contribution in [0.2, 0.25) is 0 Å². The Kier molecular flexibility index (Phi) is 4.19. The van der Waals surface area contributed by atoms with E-state index in [2.05, 4.69) is 39.8 Å². The quantitative estimate of drug-likeness (QED) is 0.899. The normalized spacial score (nSPS) is 21.1. The Morgan fingerprint density at radius 3 is 2.76 bits per heavy atom. The maximum atomic E-state index is 12.7. The van der Waals surface area contributed by atoms with E-state index in [0.29, 0.717) is 0 Å². The molecule has 1 aromatic heterocycles. The molecule has 0 saturated heterocycles. The van der Waals surface area contributed by atoms with Crippen LogP contribution in [0.1, 0.15) is 62.3 Å². The second kappa shape index (κ2) is 6.50. The van der Waals surface area contributed by atoms with Gasteiger partial charge in [0.15, 0.2) is 5.82 Å². The molecule has 132 valence electrons. The van der Waals surface area contributed by atoms with Crippen molar-refractivity contribution in [2.45, 2.75) is 63.6 Å². The second-order valence-electron chi connectivity index (χ2n) is 7.06. The van der Waals surface area contributed by atoms with Crippen LogP contribution in [-0.2, 0) is 18.5 Å². The van der Waals surface area contributed by atoms with Crippen LogP contribution in [0.3, 0.4) is 0 Å². The van der Waals surface area contributed by atoms with Crippen LogP contribution in [-0.4, -0.2) is 20.8 Å². The maximum Gasteiger partial charge on any atom is 0.316 e. The summed E-state index contributed by atoms with van der Waals surface area (Å²) >= 11 is 0. The van der Waals surface area contributed by atoms with Gasteiger partial charge in [0.25, 0.3) is 0 Å². The lowest BCUT2D eigenvalue weighted by Crippen LogP contribution is -2.54. The number of hydrogen-bond donors (Lipinski definition) is 2. The second-order valence-corrected chi connectivity index (χ2v) is 7.06. The van der Waals surface area contributed by atoms with Crippen LogP contribution in [0.25, 0.3) is 0 Å². The monoisotopic (exact) mass is 339 g/mol. The molecule has 0 bridgehead atoms. The SMILES string of the molecule is CCc1nc2n(n1)CCCC2NC(=O)NC1(c2ccccc2)CCC1. The standard InChI is InChI=1S/C19H25N5O/c1-2-16-21-17-15(10-6-13-24(17)23-16)20-18(25)22-19(11-7-12-19)14-8-4-3-5-9-14/h3-5,8-9,15H,2,6-7,10-13H2,1H3,(H2,20,22,25). The summed E-state index contributed by atoms with van der Waals surface area (Å²) in [7, 11) is 0. The number of nitrogens with one attached hydrogen (secondary N) is 2. The van der Waals surface area contributed by atoms with Gasteiger partial charge in [-0.05, 0) is 37.7 Å². The molecule has 1 aliphatic heterocycles. The molecule has 2 aliphatic rings. The highest BCUT2D eigenvalue weighted by Gasteiger charge is 2.40. The summed E-state index contributed by atoms with van der Waals surface area (Å²) in [6.07, 6.45) is 5.86. The lowest BCUT2D eigenvalue weighted by Gasteiger charge is -2.43. The molecule has 4 rings (SSSR count). The van der Waals surface area contributed by atoms with Crippen molar-refractivity contribution in [2.24, 2.45) is 0 Å². The number of amides is 2. The van der Waals surface area contributed by atoms with Crippen LogP contribution in [0.4, 0.5) is 4.79 Å². The van der Waals surface area contributed by atoms with Crippen LogP contribution in [0.15, 0.2) is 30.3 Å². The molecule has 6 nitrogen and oxygen atoms in total. The fourth-order valence-corrected chi connectivity index (χ4v) is 3.87. The third-order valence-corrected chi connectivity index (χ3v) is 5.43. The minimum Gasteiger partial charge on any atom is -0.329 e. The first-order valence-corrected chi connectivity index (χ1v) is 9.28. The Morgan fingerprint density at radius 1 is 1.28 bits per heavy atom. The summed E-state index contributed by atoms with van der Waals surface area (Å²) in [5.41, 5.74) is 0.971. The molecule has 1 aliphatic carbocycles. The van der Waals surface area contributed by atoms with Crippen molar-refractivity contribution >= 4 is 6.03 Å². The number of fused-ring (bicyclic) bond motifs is 1. The number of rotatable bonds is 4. The van der Waals surface area contributed by atoms with Crippen molar-refractivity contribution in [3.8, 4) is 0 Å². The van der Waals surface area contributed by atoms with E-state index in [-0.39, 0.29) is 17.6 Å². The highest BCUT2D eigenvalue weighted by atomic mass is 16.2. The first kappa shape index (κ1) is 16.1. The number of nitrogens with zero attached hydrogens (tertiary/aromatic N) is 3. The van der Waals surface area contributed by atoms with Crippen molar-refractivity contribution < 1.29 is 4.79 Å².